The van der Waals surface area contributed by atoms with E-state index in [1.165, 1.54) is 5.56 Å². The molecular formula is C14H18N4. The molecule has 2 aromatic heterocycles. The molecule has 0 saturated heterocycles. The third-order valence-electron chi connectivity index (χ3n) is 2.77. The highest BCUT2D eigenvalue weighted by molar-refractivity contribution is 5.46. The molecule has 0 saturated carbocycles. The molecule has 2 heterocycles. The largest absolute Gasteiger partial charge is 0.354 e. The Labute approximate surface area is 107 Å². The van der Waals surface area contributed by atoms with Gasteiger partial charge in [-0.15, -0.1) is 0 Å². The molecule has 2 N–H and O–H groups in total. The molecule has 0 unspecified atom stereocenters. The first-order valence-electron chi connectivity index (χ1n) is 6.06. The van der Waals surface area contributed by atoms with E-state index in [1.807, 2.05) is 43.7 Å². The minimum atomic E-state index is 0.635. The summed E-state index contributed by atoms with van der Waals surface area (Å²) >= 11 is 0. The maximum Gasteiger partial charge on any atom is 0.131 e. The molecule has 0 spiro atoms. The van der Waals surface area contributed by atoms with E-state index in [4.69, 9.17) is 5.73 Å². The van der Waals surface area contributed by atoms with Gasteiger partial charge in [0, 0.05) is 19.4 Å². The lowest BCUT2D eigenvalue weighted by Crippen LogP contribution is -2.20. The van der Waals surface area contributed by atoms with E-state index in [2.05, 4.69) is 20.9 Å². The lowest BCUT2D eigenvalue weighted by molar-refractivity contribution is 0.845. The highest BCUT2D eigenvalue weighted by Gasteiger charge is 2.08. The number of hydrogen-bond acceptors (Lipinski definition) is 4. The standard InChI is InChI=1S/C14H18N4/c1-18(11-13-6-2-3-9-16-13)14-12(7-8-15)5-4-10-17-14/h2-6,9-10H,7-8,11,15H2,1H3. The van der Waals surface area contributed by atoms with Crippen molar-refractivity contribution >= 4 is 5.82 Å². The average Bonchev–Trinajstić information content (AvgIpc) is 2.41. The zero-order valence-electron chi connectivity index (χ0n) is 10.6. The van der Waals surface area contributed by atoms with Crippen LogP contribution in [-0.2, 0) is 13.0 Å². The molecule has 0 amide bonds. The molecule has 2 aromatic rings. The van der Waals surface area contributed by atoms with Gasteiger partial charge in [0.05, 0.1) is 12.2 Å². The van der Waals surface area contributed by atoms with Crippen molar-refractivity contribution in [2.75, 3.05) is 18.5 Å². The molecular weight excluding hydrogens is 224 g/mol. The van der Waals surface area contributed by atoms with E-state index in [9.17, 15) is 0 Å². The van der Waals surface area contributed by atoms with Gasteiger partial charge in [0.25, 0.3) is 0 Å². The third kappa shape index (κ3) is 3.05. The Balaban J connectivity index is 2.16. The highest BCUT2D eigenvalue weighted by atomic mass is 15.2. The molecule has 2 rings (SSSR count). The first-order valence-corrected chi connectivity index (χ1v) is 6.06. The normalized spacial score (nSPS) is 10.3. The van der Waals surface area contributed by atoms with E-state index < -0.39 is 0 Å². The van der Waals surface area contributed by atoms with E-state index in [0.29, 0.717) is 6.54 Å². The third-order valence-corrected chi connectivity index (χ3v) is 2.77. The smallest absolute Gasteiger partial charge is 0.131 e. The molecule has 18 heavy (non-hydrogen) atoms. The second-order valence-electron chi connectivity index (χ2n) is 4.20. The molecule has 0 aromatic carbocycles. The quantitative estimate of drug-likeness (QED) is 0.865. The Bertz CT molecular complexity index is 484. The van der Waals surface area contributed by atoms with Gasteiger partial charge in [0.2, 0.25) is 0 Å². The zero-order valence-corrected chi connectivity index (χ0v) is 10.6. The summed E-state index contributed by atoms with van der Waals surface area (Å²) in [7, 11) is 2.02. The molecule has 0 aliphatic heterocycles. The predicted molar refractivity (Wildman–Crippen MR) is 73.3 cm³/mol. The van der Waals surface area contributed by atoms with Crippen LogP contribution in [0.4, 0.5) is 5.82 Å². The number of pyridine rings is 2. The van der Waals surface area contributed by atoms with Gasteiger partial charge in [0.15, 0.2) is 0 Å². The number of nitrogens with two attached hydrogens (primary N) is 1. The topological polar surface area (TPSA) is 55.0 Å². The van der Waals surface area contributed by atoms with Gasteiger partial charge in [-0.2, -0.15) is 0 Å². The average molecular weight is 242 g/mol. The van der Waals surface area contributed by atoms with Crippen LogP contribution in [0, 0.1) is 0 Å². The molecule has 0 aliphatic carbocycles. The van der Waals surface area contributed by atoms with Gasteiger partial charge in [-0.3, -0.25) is 4.98 Å². The van der Waals surface area contributed by atoms with Crippen molar-refractivity contribution in [1.29, 1.82) is 0 Å². The van der Waals surface area contributed by atoms with Crippen LogP contribution in [0.5, 0.6) is 0 Å². The van der Waals surface area contributed by atoms with Crippen LogP contribution in [0.3, 0.4) is 0 Å². The van der Waals surface area contributed by atoms with Crippen LogP contribution < -0.4 is 10.6 Å². The fourth-order valence-corrected chi connectivity index (χ4v) is 1.93. The van der Waals surface area contributed by atoms with Gasteiger partial charge < -0.3 is 10.6 Å². The van der Waals surface area contributed by atoms with Crippen LogP contribution >= 0.6 is 0 Å². The lowest BCUT2D eigenvalue weighted by atomic mass is 10.2. The summed E-state index contributed by atoms with van der Waals surface area (Å²) in [6, 6.07) is 9.95. The summed E-state index contributed by atoms with van der Waals surface area (Å²) < 4.78 is 0. The Hall–Kier alpha value is -1.94. The number of nitrogens with zero attached hydrogens (tertiary/aromatic N) is 3. The first-order chi connectivity index (χ1) is 8.81. The Morgan fingerprint density at radius 3 is 2.67 bits per heavy atom. The SMILES string of the molecule is CN(Cc1ccccn1)c1ncccc1CCN. The zero-order chi connectivity index (χ0) is 12.8. The van der Waals surface area contributed by atoms with Crippen molar-refractivity contribution in [3.63, 3.8) is 0 Å². The van der Waals surface area contributed by atoms with Crippen molar-refractivity contribution in [2.45, 2.75) is 13.0 Å². The first kappa shape index (κ1) is 12.5. The van der Waals surface area contributed by atoms with E-state index in [-0.39, 0.29) is 0 Å². The molecule has 0 atom stereocenters. The van der Waals surface area contributed by atoms with Crippen molar-refractivity contribution in [3.05, 3.63) is 54.0 Å². The number of rotatable bonds is 5. The van der Waals surface area contributed by atoms with Crippen molar-refractivity contribution < 1.29 is 0 Å². The summed E-state index contributed by atoms with van der Waals surface area (Å²) in [6.45, 7) is 1.38. The number of hydrogen-bond donors (Lipinski definition) is 1. The van der Waals surface area contributed by atoms with E-state index >= 15 is 0 Å². The maximum absolute atomic E-state index is 5.62. The molecule has 94 valence electrons. The predicted octanol–water partition coefficient (Wildman–Crippen LogP) is 1.61. The molecule has 4 heteroatoms. The van der Waals surface area contributed by atoms with Crippen LogP contribution in [-0.4, -0.2) is 23.6 Å². The van der Waals surface area contributed by atoms with Gasteiger partial charge in [-0.1, -0.05) is 12.1 Å². The Kier molecular flexibility index (Phi) is 4.25. The van der Waals surface area contributed by atoms with E-state index in [0.717, 1.165) is 24.5 Å². The monoisotopic (exact) mass is 242 g/mol. The van der Waals surface area contributed by atoms with Crippen LogP contribution in [0.25, 0.3) is 0 Å². The lowest BCUT2D eigenvalue weighted by Gasteiger charge is -2.20. The fourth-order valence-electron chi connectivity index (χ4n) is 1.93. The van der Waals surface area contributed by atoms with Gasteiger partial charge in [-0.05, 0) is 36.7 Å². The molecule has 0 bridgehead atoms. The summed E-state index contributed by atoms with van der Waals surface area (Å²) in [6.07, 6.45) is 4.46. The molecule has 0 aliphatic rings. The summed E-state index contributed by atoms with van der Waals surface area (Å²) in [5.41, 5.74) is 7.83. The minimum absolute atomic E-state index is 0.635. The second kappa shape index (κ2) is 6.12. The Morgan fingerprint density at radius 2 is 1.94 bits per heavy atom. The summed E-state index contributed by atoms with van der Waals surface area (Å²) in [4.78, 5) is 10.9. The van der Waals surface area contributed by atoms with Crippen molar-refractivity contribution in [3.8, 4) is 0 Å². The number of anilines is 1. The van der Waals surface area contributed by atoms with Gasteiger partial charge in [0.1, 0.15) is 5.82 Å². The fraction of sp³-hybridized carbons (Fsp3) is 0.286. The van der Waals surface area contributed by atoms with Gasteiger partial charge >= 0.3 is 0 Å². The van der Waals surface area contributed by atoms with Crippen molar-refractivity contribution in [2.24, 2.45) is 5.73 Å². The van der Waals surface area contributed by atoms with E-state index in [1.54, 1.807) is 0 Å². The minimum Gasteiger partial charge on any atom is -0.354 e. The highest BCUT2D eigenvalue weighted by Crippen LogP contribution is 2.17. The van der Waals surface area contributed by atoms with Crippen LogP contribution in [0.2, 0.25) is 0 Å². The van der Waals surface area contributed by atoms with Crippen LogP contribution in [0.15, 0.2) is 42.7 Å². The van der Waals surface area contributed by atoms with Crippen LogP contribution in [0.1, 0.15) is 11.3 Å². The van der Waals surface area contributed by atoms with Gasteiger partial charge in [-0.25, -0.2) is 4.98 Å². The number of aromatic nitrogens is 2. The van der Waals surface area contributed by atoms with Crippen molar-refractivity contribution in [1.82, 2.24) is 9.97 Å². The molecule has 0 radical (unpaired) electrons. The summed E-state index contributed by atoms with van der Waals surface area (Å²) in [5, 5.41) is 0. The Morgan fingerprint density at radius 1 is 1.11 bits per heavy atom. The second-order valence-corrected chi connectivity index (χ2v) is 4.20. The molecule has 0 fully saturated rings. The summed E-state index contributed by atoms with van der Waals surface area (Å²) in [5.74, 6) is 0.980. The maximum atomic E-state index is 5.62. The molecule has 4 nitrogen and oxygen atoms in total.